The Morgan fingerprint density at radius 3 is 0.882 bits per heavy atom. The van der Waals surface area contributed by atoms with Crippen molar-refractivity contribution in [1.82, 2.24) is 52.2 Å². The number of aliphatic carboxylic acids is 1. The van der Waals surface area contributed by atoms with Crippen LogP contribution in [0, 0.1) is 40.5 Å². The number of nitro benzene ring substituents is 4. The highest BCUT2D eigenvalue weighted by molar-refractivity contribution is 6.63. The van der Waals surface area contributed by atoms with E-state index in [9.17, 15) is 132 Å². The number of imide groups is 4. The lowest BCUT2D eigenvalue weighted by atomic mass is 10.1. The van der Waals surface area contributed by atoms with Gasteiger partial charge in [-0.3, -0.25) is 154 Å². The molecule has 736 valence electrons. The number of benzene rings is 4. The van der Waals surface area contributed by atoms with Crippen LogP contribution in [0.2, 0.25) is 0 Å². The number of carboxylic acid groups (broad SMARTS) is 2. The fraction of sp³-hybridized carbons (Fsp3) is 0.386. The number of carboxylic acids is 2. The molecule has 4 heterocycles. The zero-order chi connectivity index (χ0) is 103. The number of carbonyl (C=O) groups excluding carboxylic acids is 17. The number of nitrogens with zero attached hydrogens (tertiary/aromatic N) is 8. The number of nitrogens with two attached hydrogens (primary N) is 4. The van der Waals surface area contributed by atoms with Gasteiger partial charge in [-0.2, -0.15) is 0 Å². The zero-order valence-electron chi connectivity index (χ0n) is 75.1. The fourth-order valence-corrected chi connectivity index (χ4v) is 11.1. The summed E-state index contributed by atoms with van der Waals surface area (Å²) in [6.45, 7) is 16.5. The highest BCUT2D eigenvalue weighted by Gasteiger charge is 2.30. The summed E-state index contributed by atoms with van der Waals surface area (Å²) in [5.74, 6) is 1.79. The lowest BCUT2D eigenvalue weighted by Gasteiger charge is -2.19. The van der Waals surface area contributed by atoms with E-state index < -0.39 is 113 Å². The first-order chi connectivity index (χ1) is 63.5. The quantitative estimate of drug-likeness (QED) is 0.00253. The number of rotatable bonds is 34. The van der Waals surface area contributed by atoms with Crippen molar-refractivity contribution in [1.29, 1.82) is 0 Å². The second-order valence-electron chi connectivity index (χ2n) is 31.4. The van der Waals surface area contributed by atoms with Gasteiger partial charge in [0.15, 0.2) is 0 Å². The average molecular weight is 1930 g/mol. The monoisotopic (exact) mass is 1930 g/mol. The number of hydrogen-bond donors (Lipinski definition) is 14. The summed E-state index contributed by atoms with van der Waals surface area (Å²) in [4.78, 5) is 260. The summed E-state index contributed by atoms with van der Waals surface area (Å²) in [6, 6.07) is 14.2. The van der Waals surface area contributed by atoms with Gasteiger partial charge in [0.2, 0.25) is 17.1 Å². The number of unbranched alkanes of at least 4 members (excludes halogenated alkanes) is 8. The molecule has 4 aromatic rings. The van der Waals surface area contributed by atoms with Crippen molar-refractivity contribution in [2.75, 3.05) is 48.3 Å². The average Bonchev–Trinajstić information content (AvgIpc) is 1.38. The Bertz CT molecular complexity index is 5130. The maximum absolute atomic E-state index is 12.3. The highest BCUT2D eigenvalue weighted by atomic mass is 35.5. The lowest BCUT2D eigenvalue weighted by Crippen LogP contribution is -2.44. The Hall–Kier alpha value is -16.4. The summed E-state index contributed by atoms with van der Waals surface area (Å²) < 4.78 is 14.6. The van der Waals surface area contributed by atoms with Crippen LogP contribution >= 0.6 is 11.6 Å². The minimum absolute atomic E-state index is 0.121. The summed E-state index contributed by atoms with van der Waals surface area (Å²) >= 11 is 5.16. The molecule has 0 fully saturated rings. The van der Waals surface area contributed by atoms with E-state index in [0.717, 1.165) is 52.6 Å². The number of amides is 16. The molecule has 0 bridgehead atoms. The van der Waals surface area contributed by atoms with Crippen LogP contribution in [0.3, 0.4) is 0 Å². The summed E-state index contributed by atoms with van der Waals surface area (Å²) in [5, 5.41) is 65.4. The predicted molar refractivity (Wildman–Crippen MR) is 480 cm³/mol. The number of ether oxygens (including phenoxy) is 3. The van der Waals surface area contributed by atoms with Gasteiger partial charge in [-0.25, -0.2) is 41.7 Å². The van der Waals surface area contributed by atoms with Crippen LogP contribution in [0.4, 0.5) is 59.9 Å². The van der Waals surface area contributed by atoms with Crippen molar-refractivity contribution in [2.45, 2.75) is 182 Å². The lowest BCUT2D eigenvalue weighted by molar-refractivity contribution is -0.385. The Morgan fingerprint density at radius 1 is 0.353 bits per heavy atom. The fourth-order valence-electron chi connectivity index (χ4n) is 11.0. The SMILES string of the molecule is CC(C)(C)OC(=O)NN.CC(C)(C)OC(=O)NNC(=O)c1ccc(N)cc1[N+](=O)[O-].CC(C)(C)OC(=O)NNC(=O)c1ccc(NC(=O)CCCCCN2C(=O)C=CC2=O)cc1[N+](=O)[O-].NNC(=O)c1ccc(NC(=O)CCCCCN2C(=O)C=CC2=O)cc1[N+](=O)[O-].Nc1ccc(C(=O)O)c([N+](=O)[O-])c1.O=C(Cl)CCCCCN1C(=O)C=CC1=O.O=C(O)CCCCCN1C(=O)C=CC1=O. The van der Waals surface area contributed by atoms with Gasteiger partial charge in [0.1, 0.15) is 39.1 Å². The van der Waals surface area contributed by atoms with Crippen LogP contribution in [-0.4, -0.2) is 205 Å². The number of halogens is 1. The van der Waals surface area contributed by atoms with Gasteiger partial charge in [0.25, 0.3) is 87.7 Å². The molecule has 52 nitrogen and oxygen atoms in total. The van der Waals surface area contributed by atoms with Gasteiger partial charge in [-0.15, -0.1) is 0 Å². The minimum Gasteiger partial charge on any atom is -0.481 e. The molecule has 8 rings (SSSR count). The topological polar surface area (TPSA) is 778 Å². The van der Waals surface area contributed by atoms with E-state index in [1.165, 1.54) is 94.8 Å². The molecule has 4 aliphatic rings. The van der Waals surface area contributed by atoms with Gasteiger partial charge in [-0.1, -0.05) is 25.7 Å². The molecule has 0 aliphatic carbocycles. The van der Waals surface area contributed by atoms with Crippen LogP contribution in [0.1, 0.15) is 206 Å². The molecule has 16 amide bonds. The third-order valence-corrected chi connectivity index (χ3v) is 17.2. The van der Waals surface area contributed by atoms with Crippen molar-refractivity contribution in [3.8, 4) is 0 Å². The normalized spacial score (nSPS) is 12.6. The molecule has 0 aromatic heterocycles. The maximum atomic E-state index is 12.3. The largest absolute Gasteiger partial charge is 0.481 e. The molecule has 53 heteroatoms. The third kappa shape index (κ3) is 44.9. The van der Waals surface area contributed by atoms with Crippen molar-refractivity contribution >= 4 is 169 Å². The van der Waals surface area contributed by atoms with E-state index in [2.05, 4.69) is 10.6 Å². The number of hydrazine groups is 4. The third-order valence-electron chi connectivity index (χ3n) is 17.1. The molecule has 4 aromatic carbocycles. The number of anilines is 4. The van der Waals surface area contributed by atoms with Crippen LogP contribution in [0.15, 0.2) is 121 Å². The molecular formula is C83H105ClN20O32. The molecule has 4 aliphatic heterocycles. The molecule has 0 saturated heterocycles. The van der Waals surface area contributed by atoms with Crippen LogP contribution in [-0.2, 0) is 71.7 Å². The van der Waals surface area contributed by atoms with Gasteiger partial charge in [-0.05, 0) is 174 Å². The molecule has 18 N–H and O–H groups in total. The van der Waals surface area contributed by atoms with Crippen molar-refractivity contribution < 1.29 is 135 Å². The zero-order valence-corrected chi connectivity index (χ0v) is 75.9. The van der Waals surface area contributed by atoms with E-state index in [1.807, 2.05) is 32.6 Å². The van der Waals surface area contributed by atoms with Gasteiger partial charge >= 0.3 is 30.2 Å². The summed E-state index contributed by atoms with van der Waals surface area (Å²) in [5.41, 5.74) is 17.9. The minimum atomic E-state index is -1.34. The molecule has 0 atom stereocenters. The Balaban J connectivity index is 0.000000559. The van der Waals surface area contributed by atoms with Crippen molar-refractivity contribution in [3.05, 3.63) is 184 Å². The first kappa shape index (κ1) is 116. The molecular weight excluding hydrogens is 1820 g/mol. The van der Waals surface area contributed by atoms with Crippen LogP contribution in [0.25, 0.3) is 0 Å². The first-order valence-corrected chi connectivity index (χ1v) is 41.2. The predicted octanol–water partition coefficient (Wildman–Crippen LogP) is 7.21. The summed E-state index contributed by atoms with van der Waals surface area (Å²) in [7, 11) is 0. The van der Waals surface area contributed by atoms with Gasteiger partial charge in [0.05, 0.1) is 19.7 Å². The van der Waals surface area contributed by atoms with Crippen molar-refractivity contribution in [2.24, 2.45) is 11.7 Å². The molecule has 0 saturated carbocycles. The van der Waals surface area contributed by atoms with Gasteiger partial charge < -0.3 is 46.5 Å². The summed E-state index contributed by atoms with van der Waals surface area (Å²) in [6.07, 6.45) is 15.7. The van der Waals surface area contributed by atoms with Crippen LogP contribution < -0.4 is 66.3 Å². The van der Waals surface area contributed by atoms with Crippen molar-refractivity contribution in [3.63, 3.8) is 0 Å². The molecule has 0 spiro atoms. The Morgan fingerprint density at radius 2 is 0.618 bits per heavy atom. The molecule has 0 radical (unpaired) electrons. The Kier molecular flexibility index (Phi) is 48.5. The number of nitro groups is 4. The number of nitrogen functional groups attached to an aromatic ring is 3. The molecule has 136 heavy (non-hydrogen) atoms. The number of nitrogens with one attached hydrogen (secondary N) is 8. The van der Waals surface area contributed by atoms with E-state index in [1.54, 1.807) is 62.3 Å². The highest BCUT2D eigenvalue weighted by Crippen LogP contribution is 2.28. The number of aromatic carboxylic acids is 1. The first-order valence-electron chi connectivity index (χ1n) is 40.8. The Labute approximate surface area is 779 Å². The van der Waals surface area contributed by atoms with E-state index in [0.29, 0.717) is 96.7 Å². The van der Waals surface area contributed by atoms with E-state index in [-0.39, 0.29) is 129 Å². The second-order valence-corrected chi connectivity index (χ2v) is 31.8. The van der Waals surface area contributed by atoms with Gasteiger partial charge in [0, 0.05) is 147 Å². The second kappa shape index (κ2) is 57.0. The van der Waals surface area contributed by atoms with E-state index in [4.69, 9.17) is 59.2 Å². The van der Waals surface area contributed by atoms with E-state index >= 15 is 0 Å². The molecule has 0 unspecified atom stereocenters. The smallest absolute Gasteiger partial charge is 0.426 e. The standard InChI is InChI=1S/C22H27N5O8.C17H19N5O6.C12H16N4O5.C10H12ClNO3.C10H13NO4.C7H6N2O4.C5H12N2O2/c1-22(2,3)35-21(32)25-24-20(31)15-9-8-14(13-16(15)27(33)34)23-17(28)7-5-4-6-12-26-18(29)10-11-19(26)30;18-20-17(26)12-6-5-11(10-13(12)22(27)28)19-14(23)4-2-1-3-9-21-15(24)7-8-16(21)25;1-12(2,3)21-11(18)15-14-10(17)8-5-4-7(13)6-9(8)16(19)20;11-8(13)4-2-1-3-7-12-9(14)5-6-10(12)15;12-8-5-6-9(13)11(8)7-3-1-2-4-10(14)15;8-4-1-2-5(7(10)11)6(3-4)9(12)13;1-5(2,3)9-4(8)7-6/h8-11,13H,4-7,12H2,1-3H3,(H,23,28)(H,24,31)(H,25,32);5-8,10H,1-4,9,18H2,(H,19,23)(H,20,26);4-6H,13H2,1-3H3,(H,14,17)(H,15,18);5-6H,1-4,7H2;5-6H,1-4,7H2,(H,14,15);1-3H,8H2,(H,10,11);6H2,1-3H3,(H,7,8). The number of carbonyl (C=O) groups is 19. The maximum Gasteiger partial charge on any atom is 0.426 e. The van der Waals surface area contributed by atoms with Crippen LogP contribution in [0.5, 0.6) is 0 Å². The number of hydrogen-bond acceptors (Lipinski definition) is 34.